The van der Waals surface area contributed by atoms with E-state index in [1.807, 2.05) is 4.90 Å². The highest BCUT2D eigenvalue weighted by Crippen LogP contribution is 2.30. The summed E-state index contributed by atoms with van der Waals surface area (Å²) >= 11 is 6.36. The van der Waals surface area contributed by atoms with Crippen LogP contribution in [-0.4, -0.2) is 67.6 Å². The van der Waals surface area contributed by atoms with E-state index in [4.69, 9.17) is 21.1 Å². The summed E-state index contributed by atoms with van der Waals surface area (Å²) < 4.78 is 36.4. The topological polar surface area (TPSA) is 104 Å². The summed E-state index contributed by atoms with van der Waals surface area (Å²) in [6.45, 7) is 4.90. The minimum atomic E-state index is -3.03. The zero-order valence-corrected chi connectivity index (χ0v) is 21.7. The van der Waals surface area contributed by atoms with E-state index in [0.29, 0.717) is 36.3 Å². The number of ether oxygens (including phenoxy) is 2. The van der Waals surface area contributed by atoms with E-state index < -0.39 is 9.84 Å². The van der Waals surface area contributed by atoms with Crippen molar-refractivity contribution in [3.8, 4) is 5.88 Å². The smallest absolute Gasteiger partial charge is 0.279 e. The molecule has 0 aliphatic carbocycles. The number of aryl methyl sites for hydroxylation is 1. The molecule has 0 radical (unpaired) electrons. The van der Waals surface area contributed by atoms with Gasteiger partial charge in [-0.15, -0.1) is 0 Å². The average molecular weight is 515 g/mol. The molecule has 1 aliphatic heterocycles. The lowest BCUT2D eigenvalue weighted by Gasteiger charge is -2.28. The van der Waals surface area contributed by atoms with Crippen LogP contribution in [0.25, 0.3) is 10.8 Å². The number of rotatable bonds is 13. The maximum absolute atomic E-state index is 12.8. The van der Waals surface area contributed by atoms with Crippen LogP contribution in [0.1, 0.15) is 51.9 Å². The molecule has 0 amide bonds. The van der Waals surface area contributed by atoms with Gasteiger partial charge in [0.05, 0.1) is 18.1 Å². The Labute approximate surface area is 206 Å². The van der Waals surface area contributed by atoms with Crippen LogP contribution in [0.15, 0.2) is 10.9 Å². The monoisotopic (exact) mass is 514 g/mol. The van der Waals surface area contributed by atoms with E-state index in [0.717, 1.165) is 58.2 Å². The molecule has 2 aromatic heterocycles. The molecule has 3 rings (SSSR count). The lowest BCUT2D eigenvalue weighted by molar-refractivity contribution is 0.127. The van der Waals surface area contributed by atoms with Crippen molar-refractivity contribution in [3.63, 3.8) is 0 Å². The van der Waals surface area contributed by atoms with Crippen LogP contribution >= 0.6 is 11.6 Å². The normalized spacial score (nSPS) is 15.7. The molecule has 1 fully saturated rings. The maximum atomic E-state index is 12.8. The van der Waals surface area contributed by atoms with Crippen LogP contribution in [0.5, 0.6) is 5.88 Å². The molecule has 0 unspecified atom stereocenters. The minimum absolute atomic E-state index is 0.0646. The van der Waals surface area contributed by atoms with Gasteiger partial charge in [0.25, 0.3) is 5.56 Å². The first-order valence-electron chi connectivity index (χ1n) is 12.1. The van der Waals surface area contributed by atoms with Crippen LogP contribution in [-0.2, 0) is 21.6 Å². The number of fused-ring (bicyclic) bond motifs is 1. The highest BCUT2D eigenvalue weighted by molar-refractivity contribution is 7.91. The number of hydrogen-bond donors (Lipinski definition) is 0. The van der Waals surface area contributed by atoms with Crippen molar-refractivity contribution in [3.05, 3.63) is 21.6 Å². The number of hydrogen-bond acceptors (Lipinski definition) is 8. The zero-order chi connectivity index (χ0) is 24.6. The highest BCUT2D eigenvalue weighted by atomic mass is 35.5. The average Bonchev–Trinajstić information content (AvgIpc) is 2.80. The van der Waals surface area contributed by atoms with Crippen molar-refractivity contribution in [2.24, 2.45) is 7.05 Å². The molecule has 11 heteroatoms. The molecule has 190 valence electrons. The Kier molecular flexibility index (Phi) is 9.97. The summed E-state index contributed by atoms with van der Waals surface area (Å²) in [6, 6.07) is 1.69. The summed E-state index contributed by atoms with van der Waals surface area (Å²) in [4.78, 5) is 19.3. The minimum Gasteiger partial charge on any atom is -0.477 e. The number of unbranched alkanes of at least 4 members (excludes halogenated alkanes) is 5. The lowest BCUT2D eigenvalue weighted by Crippen LogP contribution is -2.40. The molecule has 0 bridgehead atoms. The Bertz CT molecular complexity index is 1110. The van der Waals surface area contributed by atoms with E-state index in [1.54, 1.807) is 6.07 Å². The molecule has 0 spiro atoms. The second-order valence-electron chi connectivity index (χ2n) is 8.65. The van der Waals surface area contributed by atoms with Crippen molar-refractivity contribution < 1.29 is 17.9 Å². The number of pyridine rings is 1. The molecular weight excluding hydrogens is 480 g/mol. The fourth-order valence-electron chi connectivity index (χ4n) is 3.83. The molecule has 2 aromatic rings. The number of anilines is 1. The number of halogens is 1. The predicted molar refractivity (Wildman–Crippen MR) is 135 cm³/mol. The second kappa shape index (κ2) is 12.7. The SMILES string of the molecule is CCCCOCCCCCCCOc1nc(N2CCS(=O)(=O)CC2)cc2c(Cl)nn(C)c(=O)c12. The largest absolute Gasteiger partial charge is 0.477 e. The van der Waals surface area contributed by atoms with Gasteiger partial charge in [0, 0.05) is 38.7 Å². The molecule has 0 N–H and O–H groups in total. The summed E-state index contributed by atoms with van der Waals surface area (Å²) in [7, 11) is -1.50. The van der Waals surface area contributed by atoms with Gasteiger partial charge in [0.1, 0.15) is 11.2 Å². The summed E-state index contributed by atoms with van der Waals surface area (Å²) in [5.74, 6) is 0.886. The molecule has 1 saturated heterocycles. The van der Waals surface area contributed by atoms with Crippen molar-refractivity contribution in [1.29, 1.82) is 0 Å². The van der Waals surface area contributed by atoms with Gasteiger partial charge in [0.2, 0.25) is 5.88 Å². The third-order valence-corrected chi connectivity index (χ3v) is 7.81. The van der Waals surface area contributed by atoms with Gasteiger partial charge in [-0.1, -0.05) is 44.2 Å². The summed E-state index contributed by atoms with van der Waals surface area (Å²) in [6.07, 6.45) is 7.38. The van der Waals surface area contributed by atoms with Gasteiger partial charge in [-0.25, -0.2) is 13.1 Å². The van der Waals surface area contributed by atoms with E-state index in [9.17, 15) is 13.2 Å². The third kappa shape index (κ3) is 7.29. The van der Waals surface area contributed by atoms with Gasteiger partial charge >= 0.3 is 0 Å². The van der Waals surface area contributed by atoms with E-state index >= 15 is 0 Å². The molecule has 0 atom stereocenters. The molecule has 34 heavy (non-hydrogen) atoms. The fourth-order valence-corrected chi connectivity index (χ4v) is 5.30. The van der Waals surface area contributed by atoms with Gasteiger partial charge in [-0.05, 0) is 25.3 Å². The van der Waals surface area contributed by atoms with Crippen molar-refractivity contribution in [2.75, 3.05) is 49.3 Å². The fraction of sp³-hybridized carbons (Fsp3) is 0.696. The van der Waals surface area contributed by atoms with Crippen LogP contribution in [0.4, 0.5) is 5.82 Å². The molecule has 9 nitrogen and oxygen atoms in total. The Hall–Kier alpha value is -1.91. The highest BCUT2D eigenvalue weighted by Gasteiger charge is 2.25. The predicted octanol–water partition coefficient (Wildman–Crippen LogP) is 3.36. The van der Waals surface area contributed by atoms with Crippen molar-refractivity contribution >= 4 is 38.0 Å². The Morgan fingerprint density at radius 2 is 1.68 bits per heavy atom. The van der Waals surface area contributed by atoms with Crippen LogP contribution in [0.2, 0.25) is 5.15 Å². The molecule has 1 aliphatic rings. The standard InChI is InChI=1S/C23H35ClN4O5S/c1-3-4-12-32-13-8-6-5-7-9-14-33-22-20-18(21(24)26-27(2)23(20)29)17-19(25-22)28-10-15-34(30,31)16-11-28/h17H,3-16H2,1-2H3. The quantitative estimate of drug-likeness (QED) is 0.375. The third-order valence-electron chi connectivity index (χ3n) is 5.92. The van der Waals surface area contributed by atoms with Gasteiger partial charge in [0.15, 0.2) is 15.0 Å². The van der Waals surface area contributed by atoms with E-state index in [-0.39, 0.29) is 28.1 Å². The number of sulfone groups is 1. The molecular formula is C23H35ClN4O5S. The lowest BCUT2D eigenvalue weighted by atomic mass is 10.1. The first-order valence-corrected chi connectivity index (χ1v) is 14.3. The Morgan fingerprint density at radius 1 is 1.03 bits per heavy atom. The number of nitrogens with zero attached hydrogens (tertiary/aromatic N) is 4. The maximum Gasteiger partial charge on any atom is 0.279 e. The van der Waals surface area contributed by atoms with Gasteiger partial charge < -0.3 is 14.4 Å². The molecule has 0 saturated carbocycles. The zero-order valence-electron chi connectivity index (χ0n) is 20.1. The van der Waals surface area contributed by atoms with Crippen LogP contribution in [0.3, 0.4) is 0 Å². The van der Waals surface area contributed by atoms with E-state index in [1.165, 1.54) is 11.7 Å². The first kappa shape index (κ1) is 26.7. The number of aromatic nitrogens is 3. The van der Waals surface area contributed by atoms with E-state index in [2.05, 4.69) is 17.0 Å². The van der Waals surface area contributed by atoms with Crippen LogP contribution < -0.4 is 15.2 Å². The Balaban J connectivity index is 1.63. The first-order chi connectivity index (χ1) is 16.3. The summed E-state index contributed by atoms with van der Waals surface area (Å²) in [5.41, 5.74) is -0.335. The molecule has 3 heterocycles. The van der Waals surface area contributed by atoms with Gasteiger partial charge in [-0.2, -0.15) is 10.1 Å². The summed E-state index contributed by atoms with van der Waals surface area (Å²) in [5, 5.41) is 5.00. The second-order valence-corrected chi connectivity index (χ2v) is 11.3. The van der Waals surface area contributed by atoms with Gasteiger partial charge in [-0.3, -0.25) is 4.79 Å². The van der Waals surface area contributed by atoms with Crippen LogP contribution in [0, 0.1) is 0 Å². The Morgan fingerprint density at radius 3 is 2.38 bits per heavy atom. The van der Waals surface area contributed by atoms with Crippen molar-refractivity contribution in [1.82, 2.24) is 14.8 Å². The van der Waals surface area contributed by atoms with Crippen molar-refractivity contribution in [2.45, 2.75) is 51.9 Å². The molecule has 0 aromatic carbocycles.